The van der Waals surface area contributed by atoms with E-state index in [1.54, 1.807) is 6.08 Å². The van der Waals surface area contributed by atoms with E-state index in [4.69, 9.17) is 12.2 Å². The fourth-order valence-corrected chi connectivity index (χ4v) is 3.92. The minimum atomic E-state index is -1.30. The fraction of sp³-hybridized carbons (Fsp3) is 0.100. The lowest BCUT2D eigenvalue weighted by molar-refractivity contribution is -0.126. The lowest BCUT2D eigenvalue weighted by atomic mass is 10.1. The van der Waals surface area contributed by atoms with Crippen LogP contribution in [0.1, 0.15) is 21.5 Å². The van der Waals surface area contributed by atoms with Gasteiger partial charge in [0, 0.05) is 0 Å². The molecule has 3 N–H and O–H groups in total. The number of phenols is 1. The van der Waals surface area contributed by atoms with Crippen LogP contribution < -0.4 is 5.32 Å². The fourth-order valence-electron chi connectivity index (χ4n) is 2.68. The highest BCUT2D eigenvalue weighted by atomic mass is 32.2. The van der Waals surface area contributed by atoms with Gasteiger partial charge in [0.15, 0.2) is 0 Å². The summed E-state index contributed by atoms with van der Waals surface area (Å²) in [6.07, 6.45) is 1.73. The third-order valence-electron chi connectivity index (χ3n) is 4.16. The summed E-state index contributed by atoms with van der Waals surface area (Å²) in [5.41, 5.74) is 1.64. The van der Waals surface area contributed by atoms with Gasteiger partial charge in [-0.05, 0) is 42.3 Å². The van der Waals surface area contributed by atoms with Crippen molar-refractivity contribution in [3.8, 4) is 5.75 Å². The third-order valence-corrected chi connectivity index (χ3v) is 5.54. The molecular weight excluding hydrogens is 412 g/mol. The molecule has 0 atom stereocenters. The molecule has 0 unspecified atom stereocenters. The molecule has 0 aliphatic carbocycles. The zero-order chi connectivity index (χ0) is 21.1. The summed E-state index contributed by atoms with van der Waals surface area (Å²) in [5.74, 6) is -2.53. The lowest BCUT2D eigenvalue weighted by Crippen LogP contribution is -2.36. The number of thiocarbonyl (C=S) groups is 1. The molecule has 1 aliphatic heterocycles. The summed E-state index contributed by atoms with van der Waals surface area (Å²) >= 11 is 6.34. The summed E-state index contributed by atoms with van der Waals surface area (Å²) in [6, 6.07) is 11.1. The molecule has 148 valence electrons. The van der Waals surface area contributed by atoms with Gasteiger partial charge in [-0.2, -0.15) is 0 Å². The average Bonchev–Trinajstić information content (AvgIpc) is 2.92. The number of thioether (sulfide) groups is 1. The van der Waals surface area contributed by atoms with Gasteiger partial charge in [-0.15, -0.1) is 0 Å². The number of carbonyl (C=O) groups excluding carboxylic acids is 2. The van der Waals surface area contributed by atoms with E-state index in [-0.39, 0.29) is 33.8 Å². The first-order valence-electron chi connectivity index (χ1n) is 8.43. The van der Waals surface area contributed by atoms with Crippen LogP contribution in [0.5, 0.6) is 5.75 Å². The highest BCUT2D eigenvalue weighted by molar-refractivity contribution is 8.26. The molecule has 2 aromatic rings. The van der Waals surface area contributed by atoms with E-state index in [0.29, 0.717) is 4.91 Å². The van der Waals surface area contributed by atoms with Crippen molar-refractivity contribution < 1.29 is 24.6 Å². The standard InChI is InChI=1S/C20H16N2O5S2/c1-11-4-2-3-5-12(11)8-16-18(25)22(20(28)29-16)10-17(24)21-15-7-6-13(23)9-14(15)19(26)27/h2-9,23H,10H2,1H3,(H,21,24)(H,26,27)/b16-8-. The molecule has 29 heavy (non-hydrogen) atoms. The van der Waals surface area contributed by atoms with E-state index in [2.05, 4.69) is 5.32 Å². The molecular formula is C20H16N2O5S2. The van der Waals surface area contributed by atoms with Gasteiger partial charge in [0.05, 0.1) is 16.2 Å². The molecule has 7 nitrogen and oxygen atoms in total. The molecule has 0 aromatic heterocycles. The number of nitrogens with one attached hydrogen (secondary N) is 1. The second kappa shape index (κ2) is 8.46. The van der Waals surface area contributed by atoms with Gasteiger partial charge >= 0.3 is 5.97 Å². The number of phenolic OH excluding ortho intramolecular Hbond substituents is 1. The minimum Gasteiger partial charge on any atom is -0.508 e. The van der Waals surface area contributed by atoms with Crippen molar-refractivity contribution in [1.82, 2.24) is 4.90 Å². The van der Waals surface area contributed by atoms with Crippen LogP contribution in [0.2, 0.25) is 0 Å². The number of amides is 2. The Morgan fingerprint density at radius 3 is 2.66 bits per heavy atom. The molecule has 0 spiro atoms. The van der Waals surface area contributed by atoms with Crippen LogP contribution in [0.25, 0.3) is 6.08 Å². The third kappa shape index (κ3) is 4.64. The van der Waals surface area contributed by atoms with Gasteiger partial charge in [-0.1, -0.05) is 48.2 Å². The molecule has 0 saturated carbocycles. The number of carboxylic acids is 1. The molecule has 2 aromatic carbocycles. The van der Waals surface area contributed by atoms with E-state index in [1.807, 2.05) is 31.2 Å². The molecule has 3 rings (SSSR count). The molecule has 1 fully saturated rings. The maximum absolute atomic E-state index is 12.7. The Morgan fingerprint density at radius 1 is 1.24 bits per heavy atom. The van der Waals surface area contributed by atoms with Crippen molar-refractivity contribution in [2.75, 3.05) is 11.9 Å². The molecule has 0 radical (unpaired) electrons. The van der Waals surface area contributed by atoms with Crippen molar-refractivity contribution >= 4 is 57.8 Å². The number of carbonyl (C=O) groups is 3. The number of nitrogens with zero attached hydrogens (tertiary/aromatic N) is 1. The number of aryl methyl sites for hydroxylation is 1. The average molecular weight is 428 g/mol. The predicted octanol–water partition coefficient (Wildman–Crippen LogP) is 3.24. The Balaban J connectivity index is 1.75. The first-order chi connectivity index (χ1) is 13.8. The Morgan fingerprint density at radius 2 is 1.97 bits per heavy atom. The number of rotatable bonds is 5. The molecule has 9 heteroatoms. The van der Waals surface area contributed by atoms with Gasteiger partial charge in [-0.25, -0.2) is 4.79 Å². The number of benzene rings is 2. The second-order valence-electron chi connectivity index (χ2n) is 6.21. The summed E-state index contributed by atoms with van der Waals surface area (Å²) in [7, 11) is 0. The largest absolute Gasteiger partial charge is 0.508 e. The highest BCUT2D eigenvalue weighted by Crippen LogP contribution is 2.33. The SMILES string of the molecule is Cc1ccccc1/C=C1\SC(=S)N(CC(=O)Nc2ccc(O)cc2C(=O)O)C1=O. The Kier molecular flexibility index (Phi) is 6.00. The summed E-state index contributed by atoms with van der Waals surface area (Å²) in [6.45, 7) is 1.58. The topological polar surface area (TPSA) is 107 Å². The van der Waals surface area contributed by atoms with Gasteiger partial charge in [0.25, 0.3) is 5.91 Å². The van der Waals surface area contributed by atoms with E-state index < -0.39 is 11.9 Å². The van der Waals surface area contributed by atoms with Crippen LogP contribution >= 0.6 is 24.0 Å². The van der Waals surface area contributed by atoms with Gasteiger partial charge < -0.3 is 15.5 Å². The lowest BCUT2D eigenvalue weighted by Gasteiger charge is -2.15. The normalized spacial score (nSPS) is 15.1. The van der Waals surface area contributed by atoms with E-state index in [0.717, 1.165) is 29.0 Å². The van der Waals surface area contributed by atoms with E-state index >= 15 is 0 Å². The van der Waals surface area contributed by atoms with Gasteiger partial charge in [0.2, 0.25) is 5.91 Å². The monoisotopic (exact) mass is 428 g/mol. The molecule has 2 amide bonds. The smallest absolute Gasteiger partial charge is 0.337 e. The number of aromatic carboxylic acids is 1. The number of anilines is 1. The number of carboxylic acid groups (broad SMARTS) is 1. The molecule has 1 aliphatic rings. The van der Waals surface area contributed by atoms with Crippen LogP contribution in [-0.2, 0) is 9.59 Å². The van der Waals surface area contributed by atoms with Crippen LogP contribution in [0, 0.1) is 6.92 Å². The number of hydrogen-bond acceptors (Lipinski definition) is 6. The van der Waals surface area contributed by atoms with Crippen LogP contribution in [0.4, 0.5) is 5.69 Å². The summed E-state index contributed by atoms with van der Waals surface area (Å²) in [4.78, 5) is 37.9. The Bertz CT molecular complexity index is 1060. The van der Waals surface area contributed by atoms with Crippen LogP contribution in [-0.4, -0.2) is 43.8 Å². The van der Waals surface area contributed by atoms with Crippen molar-refractivity contribution in [3.63, 3.8) is 0 Å². The zero-order valence-corrected chi connectivity index (χ0v) is 16.8. The van der Waals surface area contributed by atoms with Crippen molar-refractivity contribution in [3.05, 3.63) is 64.1 Å². The van der Waals surface area contributed by atoms with E-state index in [1.165, 1.54) is 17.0 Å². The highest BCUT2D eigenvalue weighted by Gasteiger charge is 2.33. The van der Waals surface area contributed by atoms with Crippen LogP contribution in [0.3, 0.4) is 0 Å². The second-order valence-corrected chi connectivity index (χ2v) is 7.88. The van der Waals surface area contributed by atoms with Crippen molar-refractivity contribution in [2.45, 2.75) is 6.92 Å². The maximum Gasteiger partial charge on any atom is 0.337 e. The number of hydrogen-bond donors (Lipinski definition) is 3. The van der Waals surface area contributed by atoms with E-state index in [9.17, 15) is 24.6 Å². The Labute approximate surface area is 176 Å². The summed E-state index contributed by atoms with van der Waals surface area (Å²) in [5, 5.41) is 21.1. The Hall–Kier alpha value is -3.17. The first kappa shape index (κ1) is 20.6. The molecule has 1 heterocycles. The van der Waals surface area contributed by atoms with Crippen molar-refractivity contribution in [1.29, 1.82) is 0 Å². The molecule has 0 bridgehead atoms. The van der Waals surface area contributed by atoms with Crippen LogP contribution in [0.15, 0.2) is 47.4 Å². The summed E-state index contributed by atoms with van der Waals surface area (Å²) < 4.78 is 0.245. The minimum absolute atomic E-state index is 0.0150. The predicted molar refractivity (Wildman–Crippen MR) is 115 cm³/mol. The molecule has 1 saturated heterocycles. The quantitative estimate of drug-likeness (QED) is 0.381. The number of aromatic hydroxyl groups is 1. The zero-order valence-electron chi connectivity index (χ0n) is 15.2. The van der Waals surface area contributed by atoms with Crippen molar-refractivity contribution in [2.24, 2.45) is 0 Å². The van der Waals surface area contributed by atoms with Gasteiger partial charge in [0.1, 0.15) is 16.6 Å². The maximum atomic E-state index is 12.7. The van der Waals surface area contributed by atoms with Gasteiger partial charge in [-0.3, -0.25) is 14.5 Å². The first-order valence-corrected chi connectivity index (χ1v) is 9.66.